The molecule has 0 spiro atoms. The van der Waals surface area contributed by atoms with E-state index in [-0.39, 0.29) is 11.9 Å². The first-order chi connectivity index (χ1) is 14.6. The summed E-state index contributed by atoms with van der Waals surface area (Å²) in [6.07, 6.45) is 1.07. The van der Waals surface area contributed by atoms with E-state index in [9.17, 15) is 4.39 Å². The molecule has 1 aliphatic rings. The number of halogens is 2. The average molecular weight is 429 g/mol. The lowest BCUT2D eigenvalue weighted by atomic mass is 10.0. The molecule has 1 fully saturated rings. The van der Waals surface area contributed by atoms with Crippen molar-refractivity contribution in [2.24, 2.45) is 0 Å². The van der Waals surface area contributed by atoms with Crippen molar-refractivity contribution in [2.45, 2.75) is 25.9 Å². The number of aromatic nitrogens is 4. The second-order valence-corrected chi connectivity index (χ2v) is 8.04. The van der Waals surface area contributed by atoms with Crippen molar-refractivity contribution in [3.8, 4) is 0 Å². The molecule has 8 heteroatoms. The van der Waals surface area contributed by atoms with E-state index in [2.05, 4.69) is 32.2 Å². The third-order valence-corrected chi connectivity index (χ3v) is 5.92. The van der Waals surface area contributed by atoms with Crippen LogP contribution >= 0.6 is 11.6 Å². The molecule has 4 rings (SSSR count). The predicted octanol–water partition coefficient (Wildman–Crippen LogP) is 3.63. The molecule has 158 valence electrons. The number of rotatable bonds is 6. The number of likely N-dealkylation sites (N-methyl/N-ethyl adjacent to an activating group) is 1. The van der Waals surface area contributed by atoms with Crippen LogP contribution in [-0.4, -0.2) is 62.7 Å². The van der Waals surface area contributed by atoms with Gasteiger partial charge in [0.05, 0.1) is 12.6 Å². The normalized spacial score (nSPS) is 17.0. The monoisotopic (exact) mass is 428 g/mol. The van der Waals surface area contributed by atoms with Crippen LogP contribution in [0.5, 0.6) is 0 Å². The zero-order valence-electron chi connectivity index (χ0n) is 17.1. The SMILES string of the molecule is CCN1CCCN(C(c2ccc(F)cc2)c2nnnn2Cc2ccc(Cl)cc2)CC1. The molecule has 1 aliphatic heterocycles. The van der Waals surface area contributed by atoms with Crippen molar-refractivity contribution < 1.29 is 4.39 Å². The minimum absolute atomic E-state index is 0.135. The first-order valence-electron chi connectivity index (χ1n) is 10.4. The van der Waals surface area contributed by atoms with Gasteiger partial charge in [-0.05, 0) is 65.3 Å². The highest BCUT2D eigenvalue weighted by atomic mass is 35.5. The maximum Gasteiger partial charge on any atom is 0.173 e. The lowest BCUT2D eigenvalue weighted by Gasteiger charge is -2.30. The van der Waals surface area contributed by atoms with Crippen LogP contribution in [0.3, 0.4) is 0 Å². The van der Waals surface area contributed by atoms with Gasteiger partial charge in [-0.25, -0.2) is 9.07 Å². The molecule has 2 heterocycles. The van der Waals surface area contributed by atoms with Crippen molar-refractivity contribution in [1.82, 2.24) is 30.0 Å². The maximum atomic E-state index is 13.6. The first kappa shape index (κ1) is 20.9. The fourth-order valence-electron chi connectivity index (χ4n) is 4.02. The van der Waals surface area contributed by atoms with Gasteiger partial charge in [0, 0.05) is 24.7 Å². The summed E-state index contributed by atoms with van der Waals surface area (Å²) in [7, 11) is 0. The second kappa shape index (κ2) is 9.64. The Bertz CT molecular complexity index is 943. The third-order valence-electron chi connectivity index (χ3n) is 5.67. The van der Waals surface area contributed by atoms with Crippen LogP contribution in [0.15, 0.2) is 48.5 Å². The van der Waals surface area contributed by atoms with Gasteiger partial charge < -0.3 is 4.90 Å². The number of tetrazole rings is 1. The van der Waals surface area contributed by atoms with Crippen molar-refractivity contribution in [2.75, 3.05) is 32.7 Å². The molecular formula is C22H26ClFN6. The predicted molar refractivity (Wildman–Crippen MR) is 115 cm³/mol. The van der Waals surface area contributed by atoms with Gasteiger partial charge in [0.25, 0.3) is 0 Å². The van der Waals surface area contributed by atoms with Gasteiger partial charge in [0.1, 0.15) is 5.82 Å². The zero-order chi connectivity index (χ0) is 20.9. The molecule has 30 heavy (non-hydrogen) atoms. The van der Waals surface area contributed by atoms with Crippen LogP contribution < -0.4 is 0 Å². The van der Waals surface area contributed by atoms with Gasteiger partial charge in [0.15, 0.2) is 5.82 Å². The second-order valence-electron chi connectivity index (χ2n) is 7.60. The summed E-state index contributed by atoms with van der Waals surface area (Å²) in [5, 5.41) is 13.3. The quantitative estimate of drug-likeness (QED) is 0.600. The summed E-state index contributed by atoms with van der Waals surface area (Å²) >= 11 is 6.02. The Balaban J connectivity index is 1.67. The topological polar surface area (TPSA) is 50.1 Å². The molecule has 3 aromatic rings. The van der Waals surface area contributed by atoms with Crippen LogP contribution in [0.4, 0.5) is 4.39 Å². The van der Waals surface area contributed by atoms with Gasteiger partial charge >= 0.3 is 0 Å². The smallest absolute Gasteiger partial charge is 0.173 e. The average Bonchev–Trinajstić information content (AvgIpc) is 3.06. The Morgan fingerprint density at radius 3 is 2.50 bits per heavy atom. The van der Waals surface area contributed by atoms with E-state index >= 15 is 0 Å². The molecule has 1 atom stereocenters. The molecule has 1 aromatic heterocycles. The highest BCUT2D eigenvalue weighted by Gasteiger charge is 2.29. The standard InChI is InChI=1S/C22H26ClFN6/c1-2-28-12-3-13-29(15-14-28)21(18-6-10-20(24)11-7-18)22-25-26-27-30(22)16-17-4-8-19(23)9-5-17/h4-11,21H,2-3,12-16H2,1H3. The Labute approximate surface area is 181 Å². The van der Waals surface area contributed by atoms with E-state index in [1.165, 1.54) is 12.1 Å². The molecule has 0 N–H and O–H groups in total. The minimum atomic E-state index is -0.244. The summed E-state index contributed by atoms with van der Waals surface area (Å²) < 4.78 is 15.5. The Morgan fingerprint density at radius 2 is 1.77 bits per heavy atom. The fourth-order valence-corrected chi connectivity index (χ4v) is 4.14. The molecular weight excluding hydrogens is 403 g/mol. The van der Waals surface area contributed by atoms with Crippen molar-refractivity contribution in [3.05, 3.63) is 76.3 Å². The van der Waals surface area contributed by atoms with Gasteiger partial charge in [-0.3, -0.25) is 4.90 Å². The highest BCUT2D eigenvalue weighted by Crippen LogP contribution is 2.28. The van der Waals surface area contributed by atoms with Gasteiger partial charge in [-0.1, -0.05) is 42.8 Å². The Morgan fingerprint density at radius 1 is 1.00 bits per heavy atom. The van der Waals surface area contributed by atoms with Crippen LogP contribution in [0.25, 0.3) is 0 Å². The van der Waals surface area contributed by atoms with E-state index in [1.54, 1.807) is 0 Å². The highest BCUT2D eigenvalue weighted by molar-refractivity contribution is 6.30. The molecule has 1 unspecified atom stereocenters. The van der Waals surface area contributed by atoms with Crippen LogP contribution in [0, 0.1) is 5.82 Å². The van der Waals surface area contributed by atoms with Crippen molar-refractivity contribution in [3.63, 3.8) is 0 Å². The van der Waals surface area contributed by atoms with Crippen molar-refractivity contribution >= 4 is 11.6 Å². The summed E-state index contributed by atoms with van der Waals surface area (Å²) in [5.74, 6) is 0.521. The zero-order valence-corrected chi connectivity index (χ0v) is 17.8. The molecule has 0 aliphatic carbocycles. The molecule has 1 saturated heterocycles. The summed E-state index contributed by atoms with van der Waals surface area (Å²) in [5.41, 5.74) is 2.06. The summed E-state index contributed by atoms with van der Waals surface area (Å²) in [4.78, 5) is 4.87. The van der Waals surface area contributed by atoms with Gasteiger partial charge in [-0.15, -0.1) is 5.10 Å². The van der Waals surface area contributed by atoms with Crippen LogP contribution in [-0.2, 0) is 6.54 Å². The molecule has 0 saturated carbocycles. The Hall–Kier alpha value is -2.35. The van der Waals surface area contributed by atoms with E-state index in [0.29, 0.717) is 11.6 Å². The molecule has 0 bridgehead atoms. The third kappa shape index (κ3) is 4.86. The lowest BCUT2D eigenvalue weighted by molar-refractivity contribution is 0.215. The van der Waals surface area contributed by atoms with E-state index in [4.69, 9.17) is 11.6 Å². The van der Waals surface area contributed by atoms with Crippen molar-refractivity contribution in [1.29, 1.82) is 0 Å². The number of benzene rings is 2. The minimum Gasteiger partial charge on any atom is -0.302 e. The molecule has 0 radical (unpaired) electrons. The van der Waals surface area contributed by atoms with Gasteiger partial charge in [-0.2, -0.15) is 0 Å². The van der Waals surface area contributed by atoms with E-state index < -0.39 is 0 Å². The summed E-state index contributed by atoms with van der Waals surface area (Å²) in [6.45, 7) is 7.71. The fraction of sp³-hybridized carbons (Fsp3) is 0.409. The van der Waals surface area contributed by atoms with E-state index in [0.717, 1.165) is 56.1 Å². The number of hydrogen-bond acceptors (Lipinski definition) is 5. The van der Waals surface area contributed by atoms with Crippen LogP contribution in [0.1, 0.15) is 36.3 Å². The van der Waals surface area contributed by atoms with Crippen LogP contribution in [0.2, 0.25) is 5.02 Å². The molecule has 6 nitrogen and oxygen atoms in total. The number of nitrogens with zero attached hydrogens (tertiary/aromatic N) is 6. The number of hydrogen-bond donors (Lipinski definition) is 0. The van der Waals surface area contributed by atoms with Gasteiger partial charge in [0.2, 0.25) is 0 Å². The first-order valence-corrected chi connectivity index (χ1v) is 10.7. The molecule has 2 aromatic carbocycles. The Kier molecular flexibility index (Phi) is 6.72. The maximum absolute atomic E-state index is 13.6. The lowest BCUT2D eigenvalue weighted by Crippen LogP contribution is -2.35. The van der Waals surface area contributed by atoms with E-state index in [1.807, 2.05) is 41.1 Å². The summed E-state index contributed by atoms with van der Waals surface area (Å²) in [6, 6.07) is 14.2. The molecule has 0 amide bonds. The largest absolute Gasteiger partial charge is 0.302 e.